The first kappa shape index (κ1) is 14.8. The van der Waals surface area contributed by atoms with Gasteiger partial charge in [-0.2, -0.15) is 0 Å². The predicted octanol–water partition coefficient (Wildman–Crippen LogP) is 2.14. The summed E-state index contributed by atoms with van der Waals surface area (Å²) in [5, 5.41) is 7.07. The van der Waals surface area contributed by atoms with Crippen molar-refractivity contribution in [2.24, 2.45) is 11.8 Å². The molecule has 4 atom stereocenters. The molecule has 5 heteroatoms. The van der Waals surface area contributed by atoms with E-state index in [4.69, 9.17) is 16.3 Å². The number of benzene rings is 1. The lowest BCUT2D eigenvalue weighted by Gasteiger charge is -2.26. The highest BCUT2D eigenvalue weighted by Crippen LogP contribution is 2.47. The highest BCUT2D eigenvalue weighted by atomic mass is 35.5. The SMILES string of the molecule is C[C@@H]1C[C@@H]1[C@H](NC(=O)[C@@H]1CNCCO1)c1ccc(Cl)cc1. The highest BCUT2D eigenvalue weighted by molar-refractivity contribution is 6.30. The van der Waals surface area contributed by atoms with E-state index >= 15 is 0 Å². The maximum absolute atomic E-state index is 12.4. The number of carbonyl (C=O) groups is 1. The number of rotatable bonds is 4. The Hall–Kier alpha value is -1.10. The van der Waals surface area contributed by atoms with Crippen molar-refractivity contribution in [2.45, 2.75) is 25.5 Å². The fourth-order valence-corrected chi connectivity index (χ4v) is 3.03. The predicted molar refractivity (Wildman–Crippen MR) is 82.2 cm³/mol. The normalized spacial score (nSPS) is 29.7. The van der Waals surface area contributed by atoms with E-state index in [-0.39, 0.29) is 18.1 Å². The Kier molecular flexibility index (Phi) is 4.48. The maximum atomic E-state index is 12.4. The van der Waals surface area contributed by atoms with Crippen LogP contribution >= 0.6 is 11.6 Å². The Balaban J connectivity index is 1.70. The van der Waals surface area contributed by atoms with Gasteiger partial charge in [0.25, 0.3) is 5.91 Å². The Morgan fingerprint density at radius 3 is 2.71 bits per heavy atom. The Morgan fingerprint density at radius 1 is 1.43 bits per heavy atom. The summed E-state index contributed by atoms with van der Waals surface area (Å²) >= 11 is 5.95. The molecule has 0 aromatic heterocycles. The molecule has 1 aromatic carbocycles. The van der Waals surface area contributed by atoms with E-state index in [1.54, 1.807) is 0 Å². The molecule has 1 aliphatic carbocycles. The minimum atomic E-state index is -0.386. The van der Waals surface area contributed by atoms with Crippen LogP contribution in [0.25, 0.3) is 0 Å². The van der Waals surface area contributed by atoms with Gasteiger partial charge in [-0.1, -0.05) is 30.7 Å². The van der Waals surface area contributed by atoms with Crippen LogP contribution in [0.5, 0.6) is 0 Å². The summed E-state index contributed by atoms with van der Waals surface area (Å²) < 4.78 is 5.53. The molecule has 1 heterocycles. The molecule has 0 unspecified atom stereocenters. The van der Waals surface area contributed by atoms with E-state index in [1.165, 1.54) is 0 Å². The van der Waals surface area contributed by atoms with Crippen LogP contribution in [0.3, 0.4) is 0 Å². The lowest BCUT2D eigenvalue weighted by atomic mass is 10.0. The van der Waals surface area contributed by atoms with E-state index in [1.807, 2.05) is 24.3 Å². The summed E-state index contributed by atoms with van der Waals surface area (Å²) in [6.45, 7) is 4.20. The van der Waals surface area contributed by atoms with Gasteiger partial charge in [0.2, 0.25) is 0 Å². The van der Waals surface area contributed by atoms with Crippen molar-refractivity contribution in [1.29, 1.82) is 0 Å². The summed E-state index contributed by atoms with van der Waals surface area (Å²) in [6.07, 6.45) is 0.764. The maximum Gasteiger partial charge on any atom is 0.250 e. The van der Waals surface area contributed by atoms with Crippen LogP contribution in [0.15, 0.2) is 24.3 Å². The molecule has 0 radical (unpaired) electrons. The average molecular weight is 309 g/mol. The quantitative estimate of drug-likeness (QED) is 0.896. The third-order valence-corrected chi connectivity index (χ3v) is 4.60. The molecule has 0 spiro atoms. The lowest BCUT2D eigenvalue weighted by Crippen LogP contribution is -2.48. The van der Waals surface area contributed by atoms with Crippen molar-refractivity contribution in [2.75, 3.05) is 19.7 Å². The molecule has 1 aromatic rings. The first-order chi connectivity index (χ1) is 10.1. The van der Waals surface area contributed by atoms with Gasteiger partial charge < -0.3 is 15.4 Å². The number of hydrogen-bond donors (Lipinski definition) is 2. The molecule has 2 aliphatic rings. The van der Waals surface area contributed by atoms with Crippen LogP contribution in [0.4, 0.5) is 0 Å². The van der Waals surface area contributed by atoms with Crippen molar-refractivity contribution >= 4 is 17.5 Å². The van der Waals surface area contributed by atoms with E-state index < -0.39 is 0 Å². The van der Waals surface area contributed by atoms with E-state index in [9.17, 15) is 4.79 Å². The zero-order valence-corrected chi connectivity index (χ0v) is 12.9. The van der Waals surface area contributed by atoms with Gasteiger partial charge in [-0.15, -0.1) is 0 Å². The van der Waals surface area contributed by atoms with E-state index in [2.05, 4.69) is 17.6 Å². The molecule has 2 fully saturated rings. The van der Waals surface area contributed by atoms with Gasteiger partial charge in [-0.3, -0.25) is 4.79 Å². The average Bonchev–Trinajstić information content (AvgIpc) is 3.23. The molecular formula is C16H21ClN2O2. The monoisotopic (exact) mass is 308 g/mol. The second-order valence-electron chi connectivity index (χ2n) is 5.98. The zero-order chi connectivity index (χ0) is 14.8. The number of hydrogen-bond acceptors (Lipinski definition) is 3. The largest absolute Gasteiger partial charge is 0.366 e. The summed E-state index contributed by atoms with van der Waals surface area (Å²) in [5.74, 6) is 1.13. The number of carbonyl (C=O) groups excluding carboxylic acids is 1. The van der Waals surface area contributed by atoms with Gasteiger partial charge >= 0.3 is 0 Å². The molecule has 2 N–H and O–H groups in total. The van der Waals surface area contributed by atoms with Crippen LogP contribution < -0.4 is 10.6 Å². The topological polar surface area (TPSA) is 50.4 Å². The zero-order valence-electron chi connectivity index (χ0n) is 12.1. The number of amides is 1. The molecule has 114 valence electrons. The summed E-state index contributed by atoms with van der Waals surface area (Å²) in [4.78, 5) is 12.4. The van der Waals surface area contributed by atoms with Gasteiger partial charge in [-0.05, 0) is 36.0 Å². The van der Waals surface area contributed by atoms with Crippen LogP contribution in [-0.2, 0) is 9.53 Å². The molecule has 4 nitrogen and oxygen atoms in total. The molecule has 0 bridgehead atoms. The first-order valence-corrected chi connectivity index (χ1v) is 7.91. The van der Waals surface area contributed by atoms with Gasteiger partial charge in [0.1, 0.15) is 6.10 Å². The molecule has 1 saturated heterocycles. The van der Waals surface area contributed by atoms with Crippen LogP contribution in [-0.4, -0.2) is 31.7 Å². The Bertz CT molecular complexity index is 500. The van der Waals surface area contributed by atoms with Gasteiger partial charge in [0, 0.05) is 18.1 Å². The molecule has 3 rings (SSSR count). The minimum Gasteiger partial charge on any atom is -0.366 e. The minimum absolute atomic E-state index is 0.0266. The first-order valence-electron chi connectivity index (χ1n) is 7.53. The van der Waals surface area contributed by atoms with Crippen molar-refractivity contribution in [3.63, 3.8) is 0 Å². The van der Waals surface area contributed by atoms with Crippen molar-refractivity contribution < 1.29 is 9.53 Å². The van der Waals surface area contributed by atoms with Crippen molar-refractivity contribution in [3.05, 3.63) is 34.9 Å². The van der Waals surface area contributed by atoms with Crippen molar-refractivity contribution in [3.8, 4) is 0 Å². The number of nitrogens with one attached hydrogen (secondary N) is 2. The molecular weight excluding hydrogens is 288 g/mol. The smallest absolute Gasteiger partial charge is 0.250 e. The molecule has 21 heavy (non-hydrogen) atoms. The molecule has 1 amide bonds. The van der Waals surface area contributed by atoms with Crippen molar-refractivity contribution in [1.82, 2.24) is 10.6 Å². The van der Waals surface area contributed by atoms with Gasteiger partial charge in [-0.25, -0.2) is 0 Å². The van der Waals surface area contributed by atoms with E-state index in [0.29, 0.717) is 30.0 Å². The van der Waals surface area contributed by atoms with Crippen LogP contribution in [0.2, 0.25) is 5.02 Å². The van der Waals surface area contributed by atoms with E-state index in [0.717, 1.165) is 18.5 Å². The highest BCUT2D eigenvalue weighted by Gasteiger charge is 2.41. The standard InChI is InChI=1S/C16H21ClN2O2/c1-10-8-13(10)15(11-2-4-12(17)5-3-11)19-16(20)14-9-18-6-7-21-14/h2-5,10,13-15,18H,6-9H2,1H3,(H,19,20)/t10-,13+,14+,15-/m1/s1. The van der Waals surface area contributed by atoms with Crippen LogP contribution in [0.1, 0.15) is 24.9 Å². The number of morpholine rings is 1. The Morgan fingerprint density at radius 2 is 2.14 bits per heavy atom. The van der Waals surface area contributed by atoms with Crippen LogP contribution in [0, 0.1) is 11.8 Å². The third-order valence-electron chi connectivity index (χ3n) is 4.35. The fraction of sp³-hybridized carbons (Fsp3) is 0.562. The summed E-state index contributed by atoms with van der Waals surface area (Å²) in [5.41, 5.74) is 1.12. The van der Waals surface area contributed by atoms with Gasteiger partial charge in [0.15, 0.2) is 0 Å². The number of ether oxygens (including phenoxy) is 1. The number of halogens is 1. The summed E-state index contributed by atoms with van der Waals surface area (Å²) in [7, 11) is 0. The molecule has 1 saturated carbocycles. The fourth-order valence-electron chi connectivity index (χ4n) is 2.90. The lowest BCUT2D eigenvalue weighted by molar-refractivity contribution is -0.135. The Labute approximate surface area is 130 Å². The summed E-state index contributed by atoms with van der Waals surface area (Å²) in [6, 6.07) is 7.80. The second-order valence-corrected chi connectivity index (χ2v) is 6.41. The van der Waals surface area contributed by atoms with Gasteiger partial charge in [0.05, 0.1) is 12.6 Å². The molecule has 1 aliphatic heterocycles. The second kappa shape index (κ2) is 6.34. The third kappa shape index (κ3) is 3.57.